The molecule has 1 aliphatic rings. The molecule has 2 N–H and O–H groups in total. The highest BCUT2D eigenvalue weighted by atomic mass is 15.3. The van der Waals surface area contributed by atoms with Gasteiger partial charge in [-0.2, -0.15) is 0 Å². The third kappa shape index (κ3) is 4.08. The van der Waals surface area contributed by atoms with Crippen molar-refractivity contribution in [2.45, 2.75) is 13.0 Å². The summed E-state index contributed by atoms with van der Waals surface area (Å²) in [7, 11) is 4.38. The van der Waals surface area contributed by atoms with E-state index in [1.807, 2.05) is 18.2 Å². The van der Waals surface area contributed by atoms with Crippen LogP contribution in [0.25, 0.3) is 0 Å². The second-order valence-electron chi connectivity index (χ2n) is 5.22. The van der Waals surface area contributed by atoms with Gasteiger partial charge in [-0.3, -0.25) is 4.90 Å². The predicted molar refractivity (Wildman–Crippen MR) is 80.8 cm³/mol. The molecule has 0 bridgehead atoms. The first kappa shape index (κ1) is 14.1. The van der Waals surface area contributed by atoms with Crippen LogP contribution >= 0.6 is 0 Å². The average Bonchev–Trinajstić information content (AvgIpc) is 2.41. The van der Waals surface area contributed by atoms with E-state index in [0.717, 1.165) is 44.4 Å². The molecular weight excluding hydrogens is 238 g/mol. The van der Waals surface area contributed by atoms with Crippen LogP contribution in [0.4, 0.5) is 11.6 Å². The van der Waals surface area contributed by atoms with Gasteiger partial charge in [-0.25, -0.2) is 4.98 Å². The number of piperazine rings is 1. The number of rotatable bonds is 5. The van der Waals surface area contributed by atoms with Crippen molar-refractivity contribution in [1.82, 2.24) is 14.8 Å². The van der Waals surface area contributed by atoms with E-state index >= 15 is 0 Å². The monoisotopic (exact) mass is 263 g/mol. The molecule has 1 fully saturated rings. The molecule has 1 aromatic rings. The molecular formula is C14H25N5. The highest BCUT2D eigenvalue weighted by Gasteiger charge is 2.21. The molecule has 1 aromatic heterocycles. The molecule has 106 valence electrons. The maximum absolute atomic E-state index is 4.54. The third-order valence-electron chi connectivity index (χ3n) is 3.61. The van der Waals surface area contributed by atoms with Crippen molar-refractivity contribution >= 4 is 11.6 Å². The fourth-order valence-electron chi connectivity index (χ4n) is 2.36. The van der Waals surface area contributed by atoms with E-state index < -0.39 is 0 Å². The largest absolute Gasteiger partial charge is 0.370 e. The molecule has 1 saturated heterocycles. The summed E-state index contributed by atoms with van der Waals surface area (Å²) >= 11 is 0. The van der Waals surface area contributed by atoms with Gasteiger partial charge in [0.2, 0.25) is 0 Å². The first-order valence-electron chi connectivity index (χ1n) is 7.02. The van der Waals surface area contributed by atoms with E-state index in [0.29, 0.717) is 6.04 Å². The lowest BCUT2D eigenvalue weighted by molar-refractivity contribution is 0.122. The highest BCUT2D eigenvalue weighted by molar-refractivity contribution is 5.45. The fourth-order valence-corrected chi connectivity index (χ4v) is 2.36. The second-order valence-corrected chi connectivity index (χ2v) is 5.22. The fraction of sp³-hybridized carbons (Fsp3) is 0.643. The molecule has 2 rings (SSSR count). The van der Waals surface area contributed by atoms with Crippen LogP contribution in [0.2, 0.25) is 0 Å². The van der Waals surface area contributed by atoms with Crippen LogP contribution in [-0.4, -0.2) is 67.6 Å². The first-order valence-corrected chi connectivity index (χ1v) is 7.02. The second kappa shape index (κ2) is 6.73. The van der Waals surface area contributed by atoms with Gasteiger partial charge in [0.1, 0.15) is 11.6 Å². The standard InChI is InChI=1S/C14H25N5/c1-4-15-13-6-5-7-14(17-13)16-10-12-11-18(2)8-9-19(12)3/h5-7,12H,4,8-11H2,1-3H3,(H2,15,16,17). The summed E-state index contributed by atoms with van der Waals surface area (Å²) in [5.74, 6) is 1.88. The average molecular weight is 263 g/mol. The Morgan fingerprint density at radius 2 is 1.95 bits per heavy atom. The summed E-state index contributed by atoms with van der Waals surface area (Å²) in [6.07, 6.45) is 0. The maximum atomic E-state index is 4.54. The van der Waals surface area contributed by atoms with Gasteiger partial charge in [0, 0.05) is 38.8 Å². The molecule has 2 heterocycles. The third-order valence-corrected chi connectivity index (χ3v) is 3.61. The van der Waals surface area contributed by atoms with Crippen LogP contribution in [0.15, 0.2) is 18.2 Å². The predicted octanol–water partition coefficient (Wildman–Crippen LogP) is 1.17. The Bertz CT molecular complexity index is 395. The minimum atomic E-state index is 0.545. The van der Waals surface area contributed by atoms with E-state index in [1.54, 1.807) is 0 Å². The van der Waals surface area contributed by atoms with Gasteiger partial charge < -0.3 is 15.5 Å². The summed E-state index contributed by atoms with van der Waals surface area (Å²) in [6.45, 7) is 7.30. The Morgan fingerprint density at radius 3 is 2.68 bits per heavy atom. The van der Waals surface area contributed by atoms with Gasteiger partial charge in [0.25, 0.3) is 0 Å². The SMILES string of the molecule is CCNc1cccc(NCC2CN(C)CCN2C)n1. The number of hydrogen-bond acceptors (Lipinski definition) is 5. The Labute approximate surface area is 116 Å². The lowest BCUT2D eigenvalue weighted by Crippen LogP contribution is -2.52. The van der Waals surface area contributed by atoms with Crippen molar-refractivity contribution in [2.75, 3.05) is 57.5 Å². The molecule has 1 unspecified atom stereocenters. The van der Waals surface area contributed by atoms with Crippen molar-refractivity contribution in [2.24, 2.45) is 0 Å². The number of likely N-dealkylation sites (N-methyl/N-ethyl adjacent to an activating group) is 2. The Balaban J connectivity index is 1.88. The van der Waals surface area contributed by atoms with Crippen LogP contribution in [0.1, 0.15) is 6.92 Å². The van der Waals surface area contributed by atoms with E-state index in [1.165, 1.54) is 0 Å². The van der Waals surface area contributed by atoms with E-state index in [4.69, 9.17) is 0 Å². The maximum Gasteiger partial charge on any atom is 0.128 e. The summed E-state index contributed by atoms with van der Waals surface area (Å²) in [5.41, 5.74) is 0. The lowest BCUT2D eigenvalue weighted by Gasteiger charge is -2.37. The van der Waals surface area contributed by atoms with Crippen LogP contribution in [0.5, 0.6) is 0 Å². The van der Waals surface area contributed by atoms with Crippen LogP contribution in [0, 0.1) is 0 Å². The van der Waals surface area contributed by atoms with E-state index in [9.17, 15) is 0 Å². The van der Waals surface area contributed by atoms with Gasteiger partial charge in [0.15, 0.2) is 0 Å². The van der Waals surface area contributed by atoms with E-state index in [-0.39, 0.29) is 0 Å². The zero-order valence-corrected chi connectivity index (χ0v) is 12.2. The number of nitrogens with one attached hydrogen (secondary N) is 2. The van der Waals surface area contributed by atoms with E-state index in [2.05, 4.69) is 46.4 Å². The Morgan fingerprint density at radius 1 is 1.21 bits per heavy atom. The number of aromatic nitrogens is 1. The number of nitrogens with zero attached hydrogens (tertiary/aromatic N) is 3. The van der Waals surface area contributed by atoms with Crippen molar-refractivity contribution in [1.29, 1.82) is 0 Å². The zero-order chi connectivity index (χ0) is 13.7. The van der Waals surface area contributed by atoms with Crippen LogP contribution < -0.4 is 10.6 Å². The molecule has 0 spiro atoms. The summed E-state index contributed by atoms with van der Waals surface area (Å²) in [6, 6.07) is 6.59. The Kier molecular flexibility index (Phi) is 4.99. The van der Waals surface area contributed by atoms with Crippen LogP contribution in [0.3, 0.4) is 0 Å². The summed E-state index contributed by atoms with van der Waals surface area (Å²) < 4.78 is 0. The van der Waals surface area contributed by atoms with Crippen molar-refractivity contribution in [3.8, 4) is 0 Å². The summed E-state index contributed by atoms with van der Waals surface area (Å²) in [5, 5.41) is 6.68. The lowest BCUT2D eigenvalue weighted by atomic mass is 10.2. The number of anilines is 2. The van der Waals surface area contributed by atoms with Gasteiger partial charge in [-0.1, -0.05) is 6.07 Å². The van der Waals surface area contributed by atoms with Crippen LogP contribution in [-0.2, 0) is 0 Å². The molecule has 5 heteroatoms. The first-order chi connectivity index (χ1) is 9.19. The zero-order valence-electron chi connectivity index (χ0n) is 12.2. The van der Waals surface area contributed by atoms with Crippen molar-refractivity contribution in [3.05, 3.63) is 18.2 Å². The molecule has 5 nitrogen and oxygen atoms in total. The van der Waals surface area contributed by atoms with Gasteiger partial charge in [0.05, 0.1) is 0 Å². The molecule has 0 aromatic carbocycles. The van der Waals surface area contributed by atoms with Gasteiger partial charge in [-0.15, -0.1) is 0 Å². The quantitative estimate of drug-likeness (QED) is 0.835. The number of hydrogen-bond donors (Lipinski definition) is 2. The van der Waals surface area contributed by atoms with Crippen molar-refractivity contribution < 1.29 is 0 Å². The van der Waals surface area contributed by atoms with Crippen molar-refractivity contribution in [3.63, 3.8) is 0 Å². The topological polar surface area (TPSA) is 43.4 Å². The minimum Gasteiger partial charge on any atom is -0.370 e. The minimum absolute atomic E-state index is 0.545. The normalized spacial score (nSPS) is 21.3. The molecule has 0 amide bonds. The molecule has 1 aliphatic heterocycles. The molecule has 0 saturated carbocycles. The summed E-state index contributed by atoms with van der Waals surface area (Å²) in [4.78, 5) is 9.34. The molecule has 1 atom stereocenters. The highest BCUT2D eigenvalue weighted by Crippen LogP contribution is 2.11. The van der Waals surface area contributed by atoms with Gasteiger partial charge >= 0.3 is 0 Å². The Hall–Kier alpha value is -1.33. The smallest absolute Gasteiger partial charge is 0.128 e. The van der Waals surface area contributed by atoms with Gasteiger partial charge in [-0.05, 0) is 33.2 Å². The molecule has 0 aliphatic carbocycles. The molecule has 19 heavy (non-hydrogen) atoms. The molecule has 0 radical (unpaired) electrons. The number of pyridine rings is 1.